The van der Waals surface area contributed by atoms with E-state index >= 15 is 0 Å². The van der Waals surface area contributed by atoms with Gasteiger partial charge in [0.1, 0.15) is 6.54 Å². The molecule has 6 heteroatoms. The minimum absolute atomic E-state index is 0.0349. The Labute approximate surface area is 144 Å². The normalized spacial score (nSPS) is 16.5. The summed E-state index contributed by atoms with van der Waals surface area (Å²) in [6, 6.07) is 15.0. The topological polar surface area (TPSA) is 71.0 Å². The van der Waals surface area contributed by atoms with Crippen molar-refractivity contribution >= 4 is 5.91 Å². The number of pyridine rings is 1. The van der Waals surface area contributed by atoms with Crippen molar-refractivity contribution in [3.05, 3.63) is 88.4 Å². The van der Waals surface area contributed by atoms with E-state index in [9.17, 15) is 9.59 Å². The van der Waals surface area contributed by atoms with Gasteiger partial charge in [-0.25, -0.2) is 4.98 Å². The lowest BCUT2D eigenvalue weighted by atomic mass is 9.91. The second-order valence-electron chi connectivity index (χ2n) is 6.17. The monoisotopic (exact) mass is 334 g/mol. The van der Waals surface area contributed by atoms with E-state index in [1.54, 1.807) is 29.6 Å². The Morgan fingerprint density at radius 2 is 1.96 bits per heavy atom. The maximum atomic E-state index is 12.8. The van der Waals surface area contributed by atoms with Crippen molar-refractivity contribution in [3.8, 4) is 0 Å². The molecule has 1 aromatic carbocycles. The fourth-order valence-corrected chi connectivity index (χ4v) is 3.30. The number of hydrogen-bond acceptors (Lipinski definition) is 3. The van der Waals surface area contributed by atoms with Gasteiger partial charge < -0.3 is 14.5 Å². The third-order valence-corrected chi connectivity index (χ3v) is 4.59. The number of hydrogen-bond donors (Lipinski definition) is 1. The van der Waals surface area contributed by atoms with E-state index in [4.69, 9.17) is 0 Å². The first-order valence-corrected chi connectivity index (χ1v) is 8.22. The first kappa shape index (κ1) is 15.4. The Kier molecular flexibility index (Phi) is 3.93. The number of nitrogens with one attached hydrogen (secondary N) is 1. The van der Waals surface area contributed by atoms with Crippen molar-refractivity contribution in [3.63, 3.8) is 0 Å². The van der Waals surface area contributed by atoms with Gasteiger partial charge in [-0.05, 0) is 11.6 Å². The van der Waals surface area contributed by atoms with Crippen LogP contribution in [0.15, 0.2) is 65.8 Å². The third kappa shape index (κ3) is 2.98. The van der Waals surface area contributed by atoms with Crippen molar-refractivity contribution in [2.75, 3.05) is 6.54 Å². The summed E-state index contributed by atoms with van der Waals surface area (Å²) in [6.45, 7) is 1.09. The lowest BCUT2D eigenvalue weighted by Gasteiger charge is -2.32. The highest BCUT2D eigenvalue weighted by Gasteiger charge is 2.31. The lowest BCUT2D eigenvalue weighted by Crippen LogP contribution is -2.41. The summed E-state index contributed by atoms with van der Waals surface area (Å²) < 4.78 is 1.43. The van der Waals surface area contributed by atoms with Crippen LogP contribution >= 0.6 is 0 Å². The third-order valence-electron chi connectivity index (χ3n) is 4.59. The quantitative estimate of drug-likeness (QED) is 0.793. The molecule has 1 aliphatic rings. The van der Waals surface area contributed by atoms with E-state index in [1.807, 2.05) is 18.2 Å². The molecular formula is C19H18N4O2. The zero-order chi connectivity index (χ0) is 17.2. The van der Waals surface area contributed by atoms with Crippen LogP contribution in [0, 0.1) is 0 Å². The maximum absolute atomic E-state index is 12.8. The van der Waals surface area contributed by atoms with Crippen LogP contribution in [0.3, 0.4) is 0 Å². The first-order chi connectivity index (χ1) is 12.2. The molecule has 1 N–H and O–H groups in total. The highest BCUT2D eigenvalue weighted by atomic mass is 16.2. The van der Waals surface area contributed by atoms with Gasteiger partial charge in [-0.3, -0.25) is 9.59 Å². The number of carbonyl (C=O) groups is 1. The second kappa shape index (κ2) is 6.39. The molecule has 1 aliphatic heterocycles. The fraction of sp³-hybridized carbons (Fsp3) is 0.211. The number of fused-ring (bicyclic) bond motifs is 1. The number of aromatic amines is 1. The molecule has 25 heavy (non-hydrogen) atoms. The number of H-pyrrole nitrogens is 1. The van der Waals surface area contributed by atoms with Gasteiger partial charge in [0.15, 0.2) is 0 Å². The second-order valence-corrected chi connectivity index (χ2v) is 6.17. The predicted molar refractivity (Wildman–Crippen MR) is 93.0 cm³/mol. The number of amides is 1. The molecule has 1 amide bonds. The molecule has 0 spiro atoms. The van der Waals surface area contributed by atoms with Gasteiger partial charge in [0.2, 0.25) is 5.91 Å². The maximum Gasteiger partial charge on any atom is 0.250 e. The van der Waals surface area contributed by atoms with Crippen LogP contribution in [0.5, 0.6) is 0 Å². The molecule has 1 atom stereocenters. The number of aromatic nitrogens is 3. The van der Waals surface area contributed by atoms with E-state index in [1.165, 1.54) is 10.6 Å². The van der Waals surface area contributed by atoms with Crippen LogP contribution in [0.2, 0.25) is 0 Å². The Morgan fingerprint density at radius 3 is 2.76 bits per heavy atom. The van der Waals surface area contributed by atoms with Gasteiger partial charge in [0.25, 0.3) is 5.56 Å². The van der Waals surface area contributed by atoms with Gasteiger partial charge in [-0.15, -0.1) is 0 Å². The van der Waals surface area contributed by atoms with Crippen molar-refractivity contribution in [1.29, 1.82) is 0 Å². The molecular weight excluding hydrogens is 316 g/mol. The first-order valence-electron chi connectivity index (χ1n) is 8.22. The van der Waals surface area contributed by atoms with Crippen LogP contribution < -0.4 is 5.56 Å². The molecule has 3 heterocycles. The van der Waals surface area contributed by atoms with E-state index in [0.29, 0.717) is 13.1 Å². The summed E-state index contributed by atoms with van der Waals surface area (Å²) in [6.07, 6.45) is 3.32. The zero-order valence-electron chi connectivity index (χ0n) is 13.6. The number of benzene rings is 1. The fourth-order valence-electron chi connectivity index (χ4n) is 3.30. The number of rotatable bonds is 3. The van der Waals surface area contributed by atoms with Crippen LogP contribution in [0.4, 0.5) is 0 Å². The summed E-state index contributed by atoms with van der Waals surface area (Å²) in [7, 11) is 0. The van der Waals surface area contributed by atoms with E-state index in [0.717, 1.165) is 17.0 Å². The smallest absolute Gasteiger partial charge is 0.250 e. The lowest BCUT2D eigenvalue weighted by molar-refractivity contribution is -0.133. The number of imidazole rings is 1. The molecule has 0 saturated carbocycles. The zero-order valence-corrected chi connectivity index (χ0v) is 13.6. The van der Waals surface area contributed by atoms with E-state index in [2.05, 4.69) is 22.1 Å². The van der Waals surface area contributed by atoms with Gasteiger partial charge >= 0.3 is 0 Å². The van der Waals surface area contributed by atoms with Crippen LogP contribution in [-0.4, -0.2) is 31.9 Å². The molecule has 0 aliphatic carbocycles. The van der Waals surface area contributed by atoms with Crippen molar-refractivity contribution in [2.45, 2.75) is 19.0 Å². The van der Waals surface area contributed by atoms with Gasteiger partial charge in [0, 0.05) is 24.7 Å². The number of nitrogens with zero attached hydrogens (tertiary/aromatic N) is 3. The van der Waals surface area contributed by atoms with Gasteiger partial charge in [-0.1, -0.05) is 36.4 Å². The molecule has 2 aromatic heterocycles. The summed E-state index contributed by atoms with van der Waals surface area (Å²) in [5.74, 6) is -0.0397. The van der Waals surface area contributed by atoms with E-state index in [-0.39, 0.29) is 23.9 Å². The summed E-state index contributed by atoms with van der Waals surface area (Å²) in [5.41, 5.74) is 2.90. The Bertz CT molecular complexity index is 945. The molecule has 0 fully saturated rings. The van der Waals surface area contributed by atoms with Crippen molar-refractivity contribution in [1.82, 2.24) is 19.4 Å². The molecule has 6 nitrogen and oxygen atoms in total. The van der Waals surface area contributed by atoms with Crippen LogP contribution in [0.25, 0.3) is 0 Å². The summed E-state index contributed by atoms with van der Waals surface area (Å²) in [4.78, 5) is 34.0. The summed E-state index contributed by atoms with van der Waals surface area (Å²) >= 11 is 0. The van der Waals surface area contributed by atoms with Crippen LogP contribution in [-0.2, 0) is 17.9 Å². The molecule has 126 valence electrons. The van der Waals surface area contributed by atoms with Crippen molar-refractivity contribution in [2.24, 2.45) is 0 Å². The minimum atomic E-state index is -0.172. The SMILES string of the molecule is O=C(Cn1ccccc1=O)N1Cc2[nH]cnc2C(c2ccccc2)C1. The van der Waals surface area contributed by atoms with Crippen LogP contribution in [0.1, 0.15) is 22.9 Å². The number of carbonyl (C=O) groups excluding carboxylic acids is 1. The Hall–Kier alpha value is -3.15. The molecule has 0 radical (unpaired) electrons. The average Bonchev–Trinajstić information content (AvgIpc) is 3.12. The molecule has 0 saturated heterocycles. The molecule has 4 rings (SSSR count). The van der Waals surface area contributed by atoms with Gasteiger partial charge in [0.05, 0.1) is 24.3 Å². The molecule has 0 bridgehead atoms. The van der Waals surface area contributed by atoms with Gasteiger partial charge in [-0.2, -0.15) is 0 Å². The average molecular weight is 334 g/mol. The summed E-state index contributed by atoms with van der Waals surface area (Å²) in [5, 5.41) is 0. The molecule has 1 unspecified atom stereocenters. The molecule has 3 aromatic rings. The largest absolute Gasteiger partial charge is 0.347 e. The Balaban J connectivity index is 1.61. The van der Waals surface area contributed by atoms with E-state index < -0.39 is 0 Å². The Morgan fingerprint density at radius 1 is 1.16 bits per heavy atom. The minimum Gasteiger partial charge on any atom is -0.347 e. The standard InChI is InChI=1S/C19H18N4O2/c24-17-8-4-5-9-22(17)12-18(25)23-10-15(14-6-2-1-3-7-14)19-16(11-23)20-13-21-19/h1-9,13,15H,10-12H2,(H,20,21). The van der Waals surface area contributed by atoms with Crippen molar-refractivity contribution < 1.29 is 4.79 Å². The highest BCUT2D eigenvalue weighted by Crippen LogP contribution is 2.31. The predicted octanol–water partition coefficient (Wildman–Crippen LogP) is 1.75. The highest BCUT2D eigenvalue weighted by molar-refractivity contribution is 5.76.